The summed E-state index contributed by atoms with van der Waals surface area (Å²) in [5.74, 6) is -0.709. The molecule has 0 aliphatic rings. The number of benzene rings is 2. The van der Waals surface area contributed by atoms with Crippen LogP contribution in [-0.2, 0) is 4.79 Å². The smallest absolute Gasteiger partial charge is 0.271 e. The molecule has 3 rings (SSSR count). The Morgan fingerprint density at radius 3 is 2.32 bits per heavy atom. The minimum absolute atomic E-state index is 0.148. The fourth-order valence-electron chi connectivity index (χ4n) is 2.39. The SMILES string of the molecule is CC(=O)Nc1ccc(Oc2nc(C(N)=O)c(O)c3ccccc23)cc1. The fraction of sp³-hybridized carbons (Fsp3) is 0.0556. The molecular formula is C18H15N3O4. The van der Waals surface area contributed by atoms with Gasteiger partial charge in [-0.2, -0.15) is 0 Å². The highest BCUT2D eigenvalue weighted by molar-refractivity contribution is 6.02. The van der Waals surface area contributed by atoms with Gasteiger partial charge in [0.1, 0.15) is 5.75 Å². The number of pyridine rings is 1. The third-order valence-electron chi connectivity index (χ3n) is 3.47. The molecule has 0 spiro atoms. The molecule has 4 N–H and O–H groups in total. The third-order valence-corrected chi connectivity index (χ3v) is 3.47. The van der Waals surface area contributed by atoms with Gasteiger partial charge in [-0.05, 0) is 30.3 Å². The molecule has 0 aliphatic heterocycles. The lowest BCUT2D eigenvalue weighted by molar-refractivity contribution is -0.114. The van der Waals surface area contributed by atoms with Crippen LogP contribution in [0.15, 0.2) is 48.5 Å². The van der Waals surface area contributed by atoms with E-state index in [0.717, 1.165) is 0 Å². The largest absolute Gasteiger partial charge is 0.505 e. The van der Waals surface area contributed by atoms with E-state index in [4.69, 9.17) is 10.5 Å². The molecule has 25 heavy (non-hydrogen) atoms. The molecule has 0 radical (unpaired) electrons. The van der Waals surface area contributed by atoms with Crippen molar-refractivity contribution in [3.05, 3.63) is 54.2 Å². The summed E-state index contributed by atoms with van der Waals surface area (Å²) in [7, 11) is 0. The van der Waals surface area contributed by atoms with Gasteiger partial charge in [-0.25, -0.2) is 4.98 Å². The molecule has 1 heterocycles. The summed E-state index contributed by atoms with van der Waals surface area (Å²) in [4.78, 5) is 26.6. The Kier molecular flexibility index (Phi) is 4.21. The van der Waals surface area contributed by atoms with Crippen LogP contribution in [0.4, 0.5) is 5.69 Å². The number of ether oxygens (including phenoxy) is 1. The van der Waals surface area contributed by atoms with Crippen molar-refractivity contribution in [3.8, 4) is 17.4 Å². The molecule has 0 bridgehead atoms. The van der Waals surface area contributed by atoms with Gasteiger partial charge in [-0.3, -0.25) is 9.59 Å². The number of aromatic nitrogens is 1. The third kappa shape index (κ3) is 3.35. The summed E-state index contributed by atoms with van der Waals surface area (Å²) >= 11 is 0. The van der Waals surface area contributed by atoms with Crippen molar-refractivity contribution in [1.29, 1.82) is 0 Å². The van der Waals surface area contributed by atoms with Crippen molar-refractivity contribution >= 4 is 28.3 Å². The highest BCUT2D eigenvalue weighted by atomic mass is 16.5. The molecular weight excluding hydrogens is 322 g/mol. The molecule has 2 aromatic carbocycles. The van der Waals surface area contributed by atoms with Crippen LogP contribution in [0.25, 0.3) is 10.8 Å². The molecule has 1 aromatic heterocycles. The van der Waals surface area contributed by atoms with Crippen LogP contribution >= 0.6 is 0 Å². The first-order valence-corrected chi connectivity index (χ1v) is 7.42. The molecule has 126 valence electrons. The van der Waals surface area contributed by atoms with E-state index in [1.165, 1.54) is 6.92 Å². The Labute approximate surface area is 143 Å². The number of fused-ring (bicyclic) bond motifs is 1. The van der Waals surface area contributed by atoms with Gasteiger partial charge in [-0.1, -0.05) is 18.2 Å². The zero-order valence-electron chi connectivity index (χ0n) is 13.3. The lowest BCUT2D eigenvalue weighted by Crippen LogP contribution is -2.14. The number of carbonyl (C=O) groups excluding carboxylic acids is 2. The highest BCUT2D eigenvalue weighted by Gasteiger charge is 2.18. The number of primary amides is 1. The molecule has 0 saturated carbocycles. The van der Waals surface area contributed by atoms with E-state index in [9.17, 15) is 14.7 Å². The molecule has 0 unspecified atom stereocenters. The maximum absolute atomic E-state index is 11.5. The summed E-state index contributed by atoms with van der Waals surface area (Å²) in [6, 6.07) is 13.5. The molecule has 7 heteroatoms. The first kappa shape index (κ1) is 16.3. The zero-order chi connectivity index (χ0) is 18.0. The number of hydrogen-bond donors (Lipinski definition) is 3. The van der Waals surface area contributed by atoms with Crippen LogP contribution in [0, 0.1) is 0 Å². The average molecular weight is 337 g/mol. The maximum Gasteiger partial charge on any atom is 0.271 e. The van der Waals surface area contributed by atoms with E-state index in [-0.39, 0.29) is 23.2 Å². The lowest BCUT2D eigenvalue weighted by atomic mass is 10.1. The van der Waals surface area contributed by atoms with Crippen LogP contribution in [0.1, 0.15) is 17.4 Å². The Morgan fingerprint density at radius 1 is 1.08 bits per heavy atom. The number of hydrogen-bond acceptors (Lipinski definition) is 5. The Morgan fingerprint density at radius 2 is 1.72 bits per heavy atom. The molecule has 3 aromatic rings. The van der Waals surface area contributed by atoms with Gasteiger partial charge in [0.25, 0.3) is 5.91 Å². The van der Waals surface area contributed by atoms with E-state index in [1.807, 2.05) is 0 Å². The standard InChI is InChI=1S/C18H15N3O4/c1-10(22)20-11-6-8-12(9-7-11)25-18-14-5-3-2-4-13(14)16(23)15(21-18)17(19)24/h2-9,23H,1H3,(H2,19,24)(H,20,22). The van der Waals surface area contributed by atoms with Crippen molar-refractivity contribution in [2.75, 3.05) is 5.32 Å². The fourth-order valence-corrected chi connectivity index (χ4v) is 2.39. The van der Waals surface area contributed by atoms with Gasteiger partial charge in [0.2, 0.25) is 11.8 Å². The summed E-state index contributed by atoms with van der Waals surface area (Å²) in [5.41, 5.74) is 5.64. The summed E-state index contributed by atoms with van der Waals surface area (Å²) in [5, 5.41) is 13.8. The predicted molar refractivity (Wildman–Crippen MR) is 92.7 cm³/mol. The summed E-state index contributed by atoms with van der Waals surface area (Å²) in [6.07, 6.45) is 0. The number of amides is 2. The Bertz CT molecular complexity index is 968. The van der Waals surface area contributed by atoms with Crippen LogP contribution in [0.5, 0.6) is 17.4 Å². The van der Waals surface area contributed by atoms with Crippen LogP contribution in [-0.4, -0.2) is 21.9 Å². The minimum Gasteiger partial charge on any atom is -0.505 e. The number of carbonyl (C=O) groups is 2. The van der Waals surface area contributed by atoms with E-state index >= 15 is 0 Å². The molecule has 0 aliphatic carbocycles. The van der Waals surface area contributed by atoms with Crippen LogP contribution < -0.4 is 15.8 Å². The maximum atomic E-state index is 11.5. The van der Waals surface area contributed by atoms with Gasteiger partial charge in [0.15, 0.2) is 11.4 Å². The normalized spacial score (nSPS) is 10.4. The topological polar surface area (TPSA) is 115 Å². The first-order chi connectivity index (χ1) is 12.0. The second-order valence-corrected chi connectivity index (χ2v) is 5.33. The highest BCUT2D eigenvalue weighted by Crippen LogP contribution is 2.35. The predicted octanol–water partition coefficient (Wildman–Crippen LogP) is 2.79. The van der Waals surface area contributed by atoms with Gasteiger partial charge in [0, 0.05) is 23.4 Å². The lowest BCUT2D eigenvalue weighted by Gasteiger charge is -2.12. The number of rotatable bonds is 4. The number of aromatic hydroxyl groups is 1. The van der Waals surface area contributed by atoms with Crippen LogP contribution in [0.2, 0.25) is 0 Å². The number of anilines is 1. The molecule has 0 fully saturated rings. The van der Waals surface area contributed by atoms with Gasteiger partial charge < -0.3 is 20.9 Å². The van der Waals surface area contributed by atoms with Crippen molar-refractivity contribution in [2.45, 2.75) is 6.92 Å². The van der Waals surface area contributed by atoms with E-state index in [1.54, 1.807) is 48.5 Å². The van der Waals surface area contributed by atoms with Gasteiger partial charge >= 0.3 is 0 Å². The zero-order valence-corrected chi connectivity index (χ0v) is 13.3. The Hall–Kier alpha value is -3.61. The van der Waals surface area contributed by atoms with Crippen molar-refractivity contribution in [1.82, 2.24) is 4.98 Å². The monoisotopic (exact) mass is 337 g/mol. The van der Waals surface area contributed by atoms with E-state index in [0.29, 0.717) is 22.2 Å². The average Bonchev–Trinajstić information content (AvgIpc) is 2.58. The second kappa shape index (κ2) is 6.48. The minimum atomic E-state index is -0.853. The number of nitrogens with zero attached hydrogens (tertiary/aromatic N) is 1. The van der Waals surface area contributed by atoms with Crippen molar-refractivity contribution in [2.24, 2.45) is 5.73 Å². The molecule has 0 atom stereocenters. The molecule has 7 nitrogen and oxygen atoms in total. The second-order valence-electron chi connectivity index (χ2n) is 5.33. The van der Waals surface area contributed by atoms with Gasteiger partial charge in [0.05, 0.1) is 0 Å². The van der Waals surface area contributed by atoms with Gasteiger partial charge in [-0.15, -0.1) is 0 Å². The van der Waals surface area contributed by atoms with Crippen molar-refractivity contribution < 1.29 is 19.4 Å². The van der Waals surface area contributed by atoms with E-state index < -0.39 is 5.91 Å². The van der Waals surface area contributed by atoms with Crippen molar-refractivity contribution in [3.63, 3.8) is 0 Å². The first-order valence-electron chi connectivity index (χ1n) is 7.42. The van der Waals surface area contributed by atoms with E-state index in [2.05, 4.69) is 10.3 Å². The molecule has 2 amide bonds. The number of nitrogens with one attached hydrogen (secondary N) is 1. The summed E-state index contributed by atoms with van der Waals surface area (Å²) in [6.45, 7) is 1.42. The van der Waals surface area contributed by atoms with Crippen LogP contribution in [0.3, 0.4) is 0 Å². The molecule has 0 saturated heterocycles. The number of nitrogens with two attached hydrogens (primary N) is 1. The Balaban J connectivity index is 2.02. The summed E-state index contributed by atoms with van der Waals surface area (Å²) < 4.78 is 5.75. The quantitative estimate of drug-likeness (QED) is 0.677.